The highest BCUT2D eigenvalue weighted by molar-refractivity contribution is 5.14. The standard InChI is InChI=1S/C11H10N4/c12-8-11-13-9-15(14-11)7-6-10-4-2-1-3-5-10/h1-5,9H,6-7H2. The zero-order chi connectivity index (χ0) is 10.5. The Morgan fingerprint density at radius 3 is 2.73 bits per heavy atom. The number of hydrogen-bond acceptors (Lipinski definition) is 3. The molecule has 0 aliphatic carbocycles. The van der Waals surface area contributed by atoms with E-state index in [9.17, 15) is 0 Å². The summed E-state index contributed by atoms with van der Waals surface area (Å²) in [6, 6.07) is 12.1. The van der Waals surface area contributed by atoms with Crippen LogP contribution in [0.25, 0.3) is 0 Å². The first-order valence-corrected chi connectivity index (χ1v) is 4.72. The third-order valence-electron chi connectivity index (χ3n) is 2.11. The van der Waals surface area contributed by atoms with Crippen molar-refractivity contribution in [3.8, 4) is 6.07 Å². The first kappa shape index (κ1) is 9.41. The number of hydrogen-bond donors (Lipinski definition) is 0. The molecule has 4 heteroatoms. The molecule has 0 N–H and O–H groups in total. The van der Waals surface area contributed by atoms with E-state index in [2.05, 4.69) is 22.2 Å². The maximum Gasteiger partial charge on any atom is 0.252 e. The predicted molar refractivity (Wildman–Crippen MR) is 54.9 cm³/mol. The van der Waals surface area contributed by atoms with E-state index in [-0.39, 0.29) is 5.82 Å². The molecule has 15 heavy (non-hydrogen) atoms. The summed E-state index contributed by atoms with van der Waals surface area (Å²) in [5, 5.41) is 12.5. The number of aromatic nitrogens is 3. The molecule has 4 nitrogen and oxygen atoms in total. The quantitative estimate of drug-likeness (QED) is 0.748. The van der Waals surface area contributed by atoms with Gasteiger partial charge in [-0.1, -0.05) is 30.3 Å². The number of benzene rings is 1. The summed E-state index contributed by atoms with van der Waals surface area (Å²) in [6.45, 7) is 0.749. The third kappa shape index (κ3) is 2.41. The molecule has 0 unspecified atom stereocenters. The molecular weight excluding hydrogens is 188 g/mol. The van der Waals surface area contributed by atoms with E-state index in [0.29, 0.717) is 0 Å². The summed E-state index contributed by atoms with van der Waals surface area (Å²) < 4.78 is 1.69. The minimum Gasteiger partial charge on any atom is -0.251 e. The third-order valence-corrected chi connectivity index (χ3v) is 2.11. The summed E-state index contributed by atoms with van der Waals surface area (Å²) in [5.74, 6) is 0.225. The zero-order valence-electron chi connectivity index (χ0n) is 8.17. The Bertz CT molecular complexity index is 467. The molecule has 0 amide bonds. The Hall–Kier alpha value is -2.15. The summed E-state index contributed by atoms with van der Waals surface area (Å²) in [5.41, 5.74) is 1.26. The minimum absolute atomic E-state index is 0.225. The maximum atomic E-state index is 8.55. The maximum absolute atomic E-state index is 8.55. The van der Waals surface area contributed by atoms with Crippen molar-refractivity contribution in [3.63, 3.8) is 0 Å². The number of nitriles is 1. The van der Waals surface area contributed by atoms with Crippen LogP contribution in [-0.4, -0.2) is 14.8 Å². The molecule has 0 saturated heterocycles. The van der Waals surface area contributed by atoms with Gasteiger partial charge in [-0.15, -0.1) is 5.10 Å². The fourth-order valence-corrected chi connectivity index (χ4v) is 1.34. The van der Waals surface area contributed by atoms with Gasteiger partial charge in [0, 0.05) is 6.54 Å². The first-order valence-electron chi connectivity index (χ1n) is 4.72. The highest BCUT2D eigenvalue weighted by atomic mass is 15.3. The highest BCUT2D eigenvalue weighted by Gasteiger charge is 1.98. The molecule has 1 aromatic heterocycles. The molecule has 0 aliphatic rings. The average molecular weight is 198 g/mol. The van der Waals surface area contributed by atoms with Gasteiger partial charge in [0.25, 0.3) is 5.82 Å². The number of rotatable bonds is 3. The van der Waals surface area contributed by atoms with Crippen LogP contribution >= 0.6 is 0 Å². The number of aryl methyl sites for hydroxylation is 2. The molecule has 74 valence electrons. The fourth-order valence-electron chi connectivity index (χ4n) is 1.34. The summed E-state index contributed by atoms with van der Waals surface area (Å²) >= 11 is 0. The van der Waals surface area contributed by atoms with Crippen LogP contribution in [0.1, 0.15) is 11.4 Å². The van der Waals surface area contributed by atoms with E-state index in [4.69, 9.17) is 5.26 Å². The van der Waals surface area contributed by atoms with Gasteiger partial charge in [0.05, 0.1) is 0 Å². The van der Waals surface area contributed by atoms with Crippen molar-refractivity contribution in [2.24, 2.45) is 0 Å². The molecule has 0 radical (unpaired) electrons. The predicted octanol–water partition coefficient (Wildman–Crippen LogP) is 1.39. The second-order valence-corrected chi connectivity index (χ2v) is 3.18. The van der Waals surface area contributed by atoms with E-state index in [1.807, 2.05) is 24.3 Å². The fraction of sp³-hybridized carbons (Fsp3) is 0.182. The van der Waals surface area contributed by atoms with Gasteiger partial charge in [0.2, 0.25) is 0 Å². The lowest BCUT2D eigenvalue weighted by atomic mass is 10.2. The van der Waals surface area contributed by atoms with Crippen LogP contribution in [0.5, 0.6) is 0 Å². The second-order valence-electron chi connectivity index (χ2n) is 3.18. The van der Waals surface area contributed by atoms with Crippen molar-refractivity contribution in [1.82, 2.24) is 14.8 Å². The molecule has 0 atom stereocenters. The van der Waals surface area contributed by atoms with Crippen LogP contribution in [0.15, 0.2) is 36.7 Å². The smallest absolute Gasteiger partial charge is 0.251 e. The van der Waals surface area contributed by atoms with Gasteiger partial charge in [0.15, 0.2) is 0 Å². The van der Waals surface area contributed by atoms with Crippen LogP contribution in [0.2, 0.25) is 0 Å². The van der Waals surface area contributed by atoms with Gasteiger partial charge < -0.3 is 0 Å². The van der Waals surface area contributed by atoms with Gasteiger partial charge >= 0.3 is 0 Å². The van der Waals surface area contributed by atoms with E-state index in [1.54, 1.807) is 11.0 Å². The Morgan fingerprint density at radius 2 is 2.07 bits per heavy atom. The molecule has 2 rings (SSSR count). The van der Waals surface area contributed by atoms with Crippen molar-refractivity contribution in [2.75, 3.05) is 0 Å². The van der Waals surface area contributed by atoms with Crippen molar-refractivity contribution >= 4 is 0 Å². The van der Waals surface area contributed by atoms with E-state index < -0.39 is 0 Å². The molecule has 1 aromatic carbocycles. The van der Waals surface area contributed by atoms with Crippen LogP contribution in [-0.2, 0) is 13.0 Å². The minimum atomic E-state index is 0.225. The van der Waals surface area contributed by atoms with Crippen molar-refractivity contribution in [3.05, 3.63) is 48.0 Å². The van der Waals surface area contributed by atoms with Crippen molar-refractivity contribution < 1.29 is 0 Å². The van der Waals surface area contributed by atoms with Gasteiger partial charge in [-0.3, -0.25) is 4.68 Å². The van der Waals surface area contributed by atoms with Crippen LogP contribution in [0, 0.1) is 11.3 Å². The lowest BCUT2D eigenvalue weighted by molar-refractivity contribution is 0.611. The molecule has 0 bridgehead atoms. The van der Waals surface area contributed by atoms with Gasteiger partial charge in [-0.05, 0) is 12.0 Å². The molecule has 0 saturated carbocycles. The van der Waals surface area contributed by atoms with E-state index >= 15 is 0 Å². The normalized spacial score (nSPS) is 9.80. The second kappa shape index (κ2) is 4.38. The highest BCUT2D eigenvalue weighted by Crippen LogP contribution is 2.01. The summed E-state index contributed by atoms with van der Waals surface area (Å²) in [4.78, 5) is 3.84. The lowest BCUT2D eigenvalue weighted by Gasteiger charge is -2.00. The van der Waals surface area contributed by atoms with E-state index in [1.165, 1.54) is 5.56 Å². The molecule has 0 aliphatic heterocycles. The monoisotopic (exact) mass is 198 g/mol. The topological polar surface area (TPSA) is 54.5 Å². The molecular formula is C11H10N4. The Labute approximate surface area is 87.8 Å². The summed E-state index contributed by atoms with van der Waals surface area (Å²) in [6.07, 6.45) is 2.48. The van der Waals surface area contributed by atoms with Crippen LogP contribution < -0.4 is 0 Å². The zero-order valence-corrected chi connectivity index (χ0v) is 8.17. The Kier molecular flexibility index (Phi) is 2.75. The summed E-state index contributed by atoms with van der Waals surface area (Å²) in [7, 11) is 0. The molecule has 0 spiro atoms. The molecule has 0 fully saturated rings. The first-order chi connectivity index (χ1) is 7.38. The van der Waals surface area contributed by atoms with Crippen molar-refractivity contribution in [1.29, 1.82) is 5.26 Å². The lowest BCUT2D eigenvalue weighted by Crippen LogP contribution is -2.01. The van der Waals surface area contributed by atoms with Crippen molar-refractivity contribution in [2.45, 2.75) is 13.0 Å². The SMILES string of the molecule is N#Cc1ncn(CCc2ccccc2)n1. The van der Waals surface area contributed by atoms with Gasteiger partial charge in [0.1, 0.15) is 12.4 Å². The Morgan fingerprint density at radius 1 is 1.27 bits per heavy atom. The van der Waals surface area contributed by atoms with Gasteiger partial charge in [-0.2, -0.15) is 5.26 Å². The molecule has 2 aromatic rings. The van der Waals surface area contributed by atoms with Gasteiger partial charge in [-0.25, -0.2) is 4.98 Å². The largest absolute Gasteiger partial charge is 0.252 e. The van der Waals surface area contributed by atoms with E-state index in [0.717, 1.165) is 13.0 Å². The Balaban J connectivity index is 1.97. The van der Waals surface area contributed by atoms with Crippen LogP contribution in [0.3, 0.4) is 0 Å². The number of nitrogens with zero attached hydrogens (tertiary/aromatic N) is 4. The average Bonchev–Trinajstić information content (AvgIpc) is 2.76. The van der Waals surface area contributed by atoms with Crippen LogP contribution in [0.4, 0.5) is 0 Å². The molecule has 1 heterocycles.